The molecule has 5 heteroatoms. The Labute approximate surface area is 143 Å². The van der Waals surface area contributed by atoms with Crippen molar-refractivity contribution in [2.75, 3.05) is 13.1 Å². The molecule has 22 heavy (non-hydrogen) atoms. The highest BCUT2D eigenvalue weighted by Crippen LogP contribution is 2.22. The van der Waals surface area contributed by atoms with E-state index in [4.69, 9.17) is 16.3 Å². The number of allylic oxidation sites excluding steroid dienone is 1. The SMILES string of the molecule is CC1CNCC(C)(CCC(=O)/C=C/c2ccc(Cl)cc2)O1.Cl. The van der Waals surface area contributed by atoms with Gasteiger partial charge in [0.15, 0.2) is 5.78 Å². The highest BCUT2D eigenvalue weighted by Gasteiger charge is 2.30. The molecule has 2 atom stereocenters. The van der Waals surface area contributed by atoms with Crippen LogP contribution in [0.1, 0.15) is 32.3 Å². The van der Waals surface area contributed by atoms with Crippen molar-refractivity contribution >= 4 is 35.9 Å². The summed E-state index contributed by atoms with van der Waals surface area (Å²) in [6.07, 6.45) is 4.88. The Bertz CT molecular complexity index is 516. The predicted octanol–water partition coefficient (Wildman–Crippen LogP) is 3.89. The van der Waals surface area contributed by atoms with E-state index in [9.17, 15) is 4.79 Å². The Hall–Kier alpha value is -0.870. The highest BCUT2D eigenvalue weighted by atomic mass is 35.5. The Morgan fingerprint density at radius 2 is 2.14 bits per heavy atom. The first-order chi connectivity index (χ1) is 9.97. The van der Waals surface area contributed by atoms with Crippen molar-refractivity contribution in [1.29, 1.82) is 0 Å². The van der Waals surface area contributed by atoms with Crippen molar-refractivity contribution < 1.29 is 9.53 Å². The molecular formula is C17H23Cl2NO2. The first-order valence-corrected chi connectivity index (χ1v) is 7.70. The van der Waals surface area contributed by atoms with E-state index >= 15 is 0 Å². The third kappa shape index (κ3) is 6.09. The molecule has 0 saturated carbocycles. The van der Waals surface area contributed by atoms with Crippen LogP contribution in [0.25, 0.3) is 6.08 Å². The predicted molar refractivity (Wildman–Crippen MR) is 93.8 cm³/mol. The fraction of sp³-hybridized carbons (Fsp3) is 0.471. The number of halogens is 2. The summed E-state index contributed by atoms with van der Waals surface area (Å²) in [6, 6.07) is 7.41. The second-order valence-electron chi connectivity index (χ2n) is 5.86. The number of benzene rings is 1. The van der Waals surface area contributed by atoms with Gasteiger partial charge in [0, 0.05) is 24.5 Å². The molecule has 1 aliphatic rings. The number of carbonyl (C=O) groups excluding carboxylic acids is 1. The summed E-state index contributed by atoms with van der Waals surface area (Å²) in [4.78, 5) is 12.0. The Kier molecular flexibility index (Phi) is 7.57. The van der Waals surface area contributed by atoms with Crippen LogP contribution in [0.15, 0.2) is 30.3 Å². The lowest BCUT2D eigenvalue weighted by Crippen LogP contribution is -2.51. The van der Waals surface area contributed by atoms with Crippen molar-refractivity contribution in [3.05, 3.63) is 40.9 Å². The number of carbonyl (C=O) groups is 1. The summed E-state index contributed by atoms with van der Waals surface area (Å²) in [5.74, 6) is 0.119. The maximum Gasteiger partial charge on any atom is 0.155 e. The number of morpholine rings is 1. The molecule has 1 aromatic rings. The van der Waals surface area contributed by atoms with E-state index in [1.807, 2.05) is 37.3 Å². The van der Waals surface area contributed by atoms with Crippen LogP contribution in [0, 0.1) is 0 Å². The number of nitrogens with one attached hydrogen (secondary N) is 1. The number of hydrogen-bond acceptors (Lipinski definition) is 3. The number of rotatable bonds is 5. The second kappa shape index (κ2) is 8.68. The van der Waals surface area contributed by atoms with Crippen LogP contribution in [0.5, 0.6) is 0 Å². The zero-order valence-electron chi connectivity index (χ0n) is 13.0. The van der Waals surface area contributed by atoms with Crippen molar-refractivity contribution in [2.45, 2.75) is 38.4 Å². The maximum absolute atomic E-state index is 12.0. The van der Waals surface area contributed by atoms with E-state index in [2.05, 4.69) is 12.2 Å². The zero-order valence-corrected chi connectivity index (χ0v) is 14.5. The molecule has 0 spiro atoms. The minimum absolute atomic E-state index is 0. The van der Waals surface area contributed by atoms with Crippen LogP contribution in [-0.2, 0) is 9.53 Å². The van der Waals surface area contributed by atoms with Crippen molar-refractivity contribution in [3.8, 4) is 0 Å². The molecule has 0 aromatic heterocycles. The molecule has 1 heterocycles. The molecule has 1 N–H and O–H groups in total. The van der Waals surface area contributed by atoms with Crippen LogP contribution in [0.3, 0.4) is 0 Å². The molecule has 3 nitrogen and oxygen atoms in total. The van der Waals surface area contributed by atoms with E-state index in [1.54, 1.807) is 6.08 Å². The van der Waals surface area contributed by atoms with Crippen molar-refractivity contribution in [1.82, 2.24) is 5.32 Å². The normalized spacial score (nSPS) is 25.0. The van der Waals surface area contributed by atoms with E-state index in [1.165, 1.54) is 0 Å². The monoisotopic (exact) mass is 343 g/mol. The van der Waals surface area contributed by atoms with E-state index in [-0.39, 0.29) is 29.9 Å². The molecule has 1 saturated heterocycles. The van der Waals surface area contributed by atoms with Gasteiger partial charge in [-0.2, -0.15) is 0 Å². The van der Waals surface area contributed by atoms with Gasteiger partial charge in [-0.15, -0.1) is 12.4 Å². The van der Waals surface area contributed by atoms with Gasteiger partial charge in [-0.05, 0) is 44.0 Å². The summed E-state index contributed by atoms with van der Waals surface area (Å²) in [6.45, 7) is 5.78. The molecular weight excluding hydrogens is 321 g/mol. The lowest BCUT2D eigenvalue weighted by atomic mass is 9.96. The first kappa shape index (κ1) is 19.2. The summed E-state index contributed by atoms with van der Waals surface area (Å²) >= 11 is 5.83. The third-order valence-electron chi connectivity index (χ3n) is 3.65. The average Bonchev–Trinajstić information content (AvgIpc) is 2.44. The maximum atomic E-state index is 12.0. The van der Waals surface area contributed by atoms with E-state index < -0.39 is 0 Å². The van der Waals surface area contributed by atoms with Crippen LogP contribution in [0.2, 0.25) is 5.02 Å². The Morgan fingerprint density at radius 3 is 2.77 bits per heavy atom. The van der Waals surface area contributed by atoms with Gasteiger partial charge in [0.25, 0.3) is 0 Å². The number of ketones is 1. The van der Waals surface area contributed by atoms with Crippen molar-refractivity contribution in [2.24, 2.45) is 0 Å². The second-order valence-corrected chi connectivity index (χ2v) is 6.30. The minimum Gasteiger partial charge on any atom is -0.370 e. The van der Waals surface area contributed by atoms with Crippen molar-refractivity contribution in [3.63, 3.8) is 0 Å². The highest BCUT2D eigenvalue weighted by molar-refractivity contribution is 6.30. The topological polar surface area (TPSA) is 38.3 Å². The molecule has 2 rings (SSSR count). The summed E-state index contributed by atoms with van der Waals surface area (Å²) in [5.41, 5.74) is 0.727. The quantitative estimate of drug-likeness (QED) is 0.824. The zero-order chi connectivity index (χ0) is 15.3. The summed E-state index contributed by atoms with van der Waals surface area (Å²) < 4.78 is 5.95. The minimum atomic E-state index is -0.249. The van der Waals surface area contributed by atoms with Gasteiger partial charge in [-0.1, -0.05) is 29.8 Å². The lowest BCUT2D eigenvalue weighted by Gasteiger charge is -2.38. The van der Waals surface area contributed by atoms with Gasteiger partial charge in [0.2, 0.25) is 0 Å². The van der Waals surface area contributed by atoms with Gasteiger partial charge < -0.3 is 10.1 Å². The van der Waals surface area contributed by atoms with Gasteiger partial charge in [-0.25, -0.2) is 0 Å². The third-order valence-corrected chi connectivity index (χ3v) is 3.90. The van der Waals surface area contributed by atoms with Gasteiger partial charge >= 0.3 is 0 Å². The molecule has 1 fully saturated rings. The molecule has 0 aliphatic carbocycles. The van der Waals surface area contributed by atoms with Gasteiger partial charge in [0.05, 0.1) is 11.7 Å². The fourth-order valence-corrected chi connectivity index (χ4v) is 2.62. The summed E-state index contributed by atoms with van der Waals surface area (Å²) in [7, 11) is 0. The standard InChI is InChI=1S/C17H22ClNO2.ClH/c1-13-11-19-12-17(2,21-13)10-9-16(20)8-5-14-3-6-15(18)7-4-14;/h3-8,13,19H,9-12H2,1-2H3;1H/b8-5+;. The first-order valence-electron chi connectivity index (χ1n) is 7.32. The largest absolute Gasteiger partial charge is 0.370 e. The van der Waals surface area contributed by atoms with Gasteiger partial charge in [0.1, 0.15) is 0 Å². The molecule has 0 amide bonds. The fourth-order valence-electron chi connectivity index (χ4n) is 2.49. The smallest absolute Gasteiger partial charge is 0.155 e. The van der Waals surface area contributed by atoms with Crippen LogP contribution < -0.4 is 5.32 Å². The molecule has 2 unspecified atom stereocenters. The van der Waals surface area contributed by atoms with Crippen LogP contribution >= 0.6 is 24.0 Å². The molecule has 0 bridgehead atoms. The van der Waals surface area contributed by atoms with Gasteiger partial charge in [-0.3, -0.25) is 4.79 Å². The Morgan fingerprint density at radius 1 is 1.45 bits per heavy atom. The lowest BCUT2D eigenvalue weighted by molar-refractivity contribution is -0.121. The Balaban J connectivity index is 0.00000242. The molecule has 1 aromatic carbocycles. The number of ether oxygens (including phenoxy) is 1. The van der Waals surface area contributed by atoms with E-state index in [0.29, 0.717) is 11.4 Å². The molecule has 0 radical (unpaired) electrons. The summed E-state index contributed by atoms with van der Waals surface area (Å²) in [5, 5.41) is 4.04. The van der Waals surface area contributed by atoms with Crippen LogP contribution in [0.4, 0.5) is 0 Å². The molecule has 1 aliphatic heterocycles. The van der Waals surface area contributed by atoms with Crippen LogP contribution in [-0.4, -0.2) is 30.6 Å². The average molecular weight is 344 g/mol. The molecule has 122 valence electrons. The number of hydrogen-bond donors (Lipinski definition) is 1. The van der Waals surface area contributed by atoms with E-state index in [0.717, 1.165) is 25.1 Å².